The van der Waals surface area contributed by atoms with Crippen molar-refractivity contribution in [1.29, 1.82) is 5.26 Å². The van der Waals surface area contributed by atoms with Crippen molar-refractivity contribution in [2.75, 3.05) is 13.6 Å². The fraction of sp³-hybridized carbons (Fsp3) is 0.429. The second-order valence-electron chi connectivity index (χ2n) is 4.78. The number of nitrogens with one attached hydrogen (secondary N) is 1. The smallest absolute Gasteiger partial charge is 0.234 e. The molecule has 0 spiro atoms. The van der Waals surface area contributed by atoms with Gasteiger partial charge in [-0.3, -0.25) is 9.69 Å². The monoisotopic (exact) mass is 243 g/mol. The minimum atomic E-state index is 0.0643. The van der Waals surface area contributed by atoms with E-state index in [0.717, 1.165) is 18.4 Å². The molecule has 4 nitrogen and oxygen atoms in total. The molecule has 0 saturated heterocycles. The lowest BCUT2D eigenvalue weighted by molar-refractivity contribution is -0.122. The first-order valence-corrected chi connectivity index (χ1v) is 6.15. The van der Waals surface area contributed by atoms with Crippen LogP contribution in [0.25, 0.3) is 0 Å². The SMILES string of the molecule is CN(CC(=O)NC1CC1)Cc1ccccc1C#N. The molecule has 18 heavy (non-hydrogen) atoms. The molecule has 0 atom stereocenters. The number of nitrogens with zero attached hydrogens (tertiary/aromatic N) is 2. The van der Waals surface area contributed by atoms with Crippen LogP contribution in [-0.2, 0) is 11.3 Å². The van der Waals surface area contributed by atoms with Gasteiger partial charge in [-0.05, 0) is 31.5 Å². The van der Waals surface area contributed by atoms with Gasteiger partial charge >= 0.3 is 0 Å². The van der Waals surface area contributed by atoms with Crippen molar-refractivity contribution in [1.82, 2.24) is 10.2 Å². The Kier molecular flexibility index (Phi) is 3.96. The third kappa shape index (κ3) is 3.57. The van der Waals surface area contributed by atoms with Gasteiger partial charge in [0.1, 0.15) is 0 Å². The molecular formula is C14H17N3O. The van der Waals surface area contributed by atoms with Gasteiger partial charge < -0.3 is 5.32 Å². The highest BCUT2D eigenvalue weighted by Gasteiger charge is 2.23. The summed E-state index contributed by atoms with van der Waals surface area (Å²) in [5.41, 5.74) is 1.63. The van der Waals surface area contributed by atoms with Gasteiger partial charge in [0, 0.05) is 12.6 Å². The normalized spacial score (nSPS) is 14.3. The molecule has 1 aromatic rings. The first-order chi connectivity index (χ1) is 8.69. The molecular weight excluding hydrogens is 226 g/mol. The zero-order chi connectivity index (χ0) is 13.0. The van der Waals surface area contributed by atoms with Gasteiger partial charge in [-0.25, -0.2) is 0 Å². The number of carbonyl (C=O) groups excluding carboxylic acids is 1. The summed E-state index contributed by atoms with van der Waals surface area (Å²) >= 11 is 0. The van der Waals surface area contributed by atoms with Gasteiger partial charge in [-0.15, -0.1) is 0 Å². The molecule has 0 bridgehead atoms. The van der Waals surface area contributed by atoms with Gasteiger partial charge in [0.15, 0.2) is 0 Å². The van der Waals surface area contributed by atoms with Crippen LogP contribution in [0.15, 0.2) is 24.3 Å². The number of rotatable bonds is 5. The van der Waals surface area contributed by atoms with E-state index in [1.165, 1.54) is 0 Å². The summed E-state index contributed by atoms with van der Waals surface area (Å²) in [4.78, 5) is 13.6. The van der Waals surface area contributed by atoms with E-state index >= 15 is 0 Å². The molecule has 0 radical (unpaired) electrons. The van der Waals surface area contributed by atoms with Crippen LogP contribution in [0.3, 0.4) is 0 Å². The van der Waals surface area contributed by atoms with E-state index in [0.29, 0.717) is 24.7 Å². The third-order valence-corrected chi connectivity index (χ3v) is 2.93. The van der Waals surface area contributed by atoms with Crippen molar-refractivity contribution < 1.29 is 4.79 Å². The third-order valence-electron chi connectivity index (χ3n) is 2.93. The van der Waals surface area contributed by atoms with E-state index < -0.39 is 0 Å². The van der Waals surface area contributed by atoms with Crippen molar-refractivity contribution in [2.24, 2.45) is 0 Å². The molecule has 1 fully saturated rings. The highest BCUT2D eigenvalue weighted by atomic mass is 16.2. The van der Waals surface area contributed by atoms with Crippen molar-refractivity contribution in [2.45, 2.75) is 25.4 Å². The van der Waals surface area contributed by atoms with Gasteiger partial charge in [0.25, 0.3) is 0 Å². The van der Waals surface area contributed by atoms with Crippen LogP contribution in [0.2, 0.25) is 0 Å². The van der Waals surface area contributed by atoms with Gasteiger partial charge in [-0.2, -0.15) is 5.26 Å². The molecule has 1 aromatic carbocycles. The van der Waals surface area contributed by atoms with Crippen LogP contribution in [0.1, 0.15) is 24.0 Å². The Morgan fingerprint density at radius 2 is 2.22 bits per heavy atom. The Labute approximate surface area is 107 Å². The van der Waals surface area contributed by atoms with Gasteiger partial charge in [0.2, 0.25) is 5.91 Å². The molecule has 1 amide bonds. The van der Waals surface area contributed by atoms with Gasteiger partial charge in [-0.1, -0.05) is 18.2 Å². The Morgan fingerprint density at radius 1 is 1.50 bits per heavy atom. The molecule has 2 rings (SSSR count). The average Bonchev–Trinajstić information content (AvgIpc) is 3.13. The Balaban J connectivity index is 1.87. The first kappa shape index (κ1) is 12.6. The van der Waals surface area contributed by atoms with Crippen molar-refractivity contribution in [3.63, 3.8) is 0 Å². The van der Waals surface area contributed by atoms with Crippen LogP contribution in [0.5, 0.6) is 0 Å². The molecule has 1 N–H and O–H groups in total. The first-order valence-electron chi connectivity index (χ1n) is 6.15. The number of hydrogen-bond acceptors (Lipinski definition) is 3. The summed E-state index contributed by atoms with van der Waals surface area (Å²) < 4.78 is 0. The predicted molar refractivity (Wildman–Crippen MR) is 68.7 cm³/mol. The molecule has 0 aromatic heterocycles. The lowest BCUT2D eigenvalue weighted by Gasteiger charge is -2.16. The van der Waals surface area contributed by atoms with Crippen molar-refractivity contribution in [3.8, 4) is 6.07 Å². The summed E-state index contributed by atoms with van der Waals surface area (Å²) in [5.74, 6) is 0.0643. The average molecular weight is 243 g/mol. The van der Waals surface area contributed by atoms with Crippen LogP contribution < -0.4 is 5.32 Å². The quantitative estimate of drug-likeness (QED) is 0.847. The molecule has 0 unspecified atom stereocenters. The van der Waals surface area contributed by atoms with Crippen LogP contribution in [-0.4, -0.2) is 30.4 Å². The van der Waals surface area contributed by atoms with Crippen LogP contribution >= 0.6 is 0 Å². The second kappa shape index (κ2) is 5.65. The lowest BCUT2D eigenvalue weighted by atomic mass is 10.1. The van der Waals surface area contributed by atoms with E-state index in [1.807, 2.05) is 30.1 Å². The number of benzene rings is 1. The summed E-state index contributed by atoms with van der Waals surface area (Å²) in [6.45, 7) is 0.984. The van der Waals surface area contributed by atoms with E-state index in [2.05, 4.69) is 11.4 Å². The zero-order valence-corrected chi connectivity index (χ0v) is 10.5. The molecule has 1 saturated carbocycles. The van der Waals surface area contributed by atoms with Crippen molar-refractivity contribution in [3.05, 3.63) is 35.4 Å². The number of amides is 1. The molecule has 1 aliphatic rings. The number of carbonyl (C=O) groups is 1. The molecule has 4 heteroatoms. The summed E-state index contributed by atoms with van der Waals surface area (Å²) in [7, 11) is 1.89. The van der Waals surface area contributed by atoms with E-state index in [1.54, 1.807) is 6.07 Å². The zero-order valence-electron chi connectivity index (χ0n) is 10.5. The minimum Gasteiger partial charge on any atom is -0.352 e. The highest BCUT2D eigenvalue weighted by molar-refractivity contribution is 5.78. The predicted octanol–water partition coefficient (Wildman–Crippen LogP) is 1.27. The van der Waals surface area contributed by atoms with E-state index in [4.69, 9.17) is 5.26 Å². The molecule has 94 valence electrons. The second-order valence-corrected chi connectivity index (χ2v) is 4.78. The van der Waals surface area contributed by atoms with Crippen LogP contribution in [0, 0.1) is 11.3 Å². The van der Waals surface area contributed by atoms with Crippen LogP contribution in [0.4, 0.5) is 0 Å². The molecule has 1 aliphatic carbocycles. The Bertz CT molecular complexity index is 474. The standard InChI is InChI=1S/C14H17N3O/c1-17(10-14(18)16-13-6-7-13)9-12-5-3-2-4-11(12)8-15/h2-5,13H,6-7,9-10H2,1H3,(H,16,18). The topological polar surface area (TPSA) is 56.1 Å². The fourth-order valence-electron chi connectivity index (χ4n) is 1.86. The van der Waals surface area contributed by atoms with E-state index in [9.17, 15) is 4.79 Å². The molecule has 0 heterocycles. The maximum atomic E-state index is 11.6. The summed E-state index contributed by atoms with van der Waals surface area (Å²) in [6.07, 6.45) is 2.21. The Morgan fingerprint density at radius 3 is 2.89 bits per heavy atom. The largest absolute Gasteiger partial charge is 0.352 e. The number of likely N-dealkylation sites (N-methyl/N-ethyl adjacent to an activating group) is 1. The minimum absolute atomic E-state index is 0.0643. The lowest BCUT2D eigenvalue weighted by Crippen LogP contribution is -2.36. The maximum Gasteiger partial charge on any atom is 0.234 e. The van der Waals surface area contributed by atoms with Crippen molar-refractivity contribution >= 4 is 5.91 Å². The summed E-state index contributed by atoms with van der Waals surface area (Å²) in [6, 6.07) is 10.1. The Hall–Kier alpha value is -1.86. The molecule has 0 aliphatic heterocycles. The highest BCUT2D eigenvalue weighted by Crippen LogP contribution is 2.18. The maximum absolute atomic E-state index is 11.6. The summed E-state index contributed by atoms with van der Waals surface area (Å²) in [5, 5.41) is 11.9. The number of hydrogen-bond donors (Lipinski definition) is 1. The number of nitriles is 1. The van der Waals surface area contributed by atoms with E-state index in [-0.39, 0.29) is 5.91 Å². The fourth-order valence-corrected chi connectivity index (χ4v) is 1.86. The van der Waals surface area contributed by atoms with Gasteiger partial charge in [0.05, 0.1) is 18.2 Å².